The summed E-state index contributed by atoms with van der Waals surface area (Å²) in [5, 5.41) is 3.90. The van der Waals surface area contributed by atoms with Crippen molar-refractivity contribution >= 4 is 28.4 Å². The first-order chi connectivity index (χ1) is 14.6. The molecule has 30 heavy (non-hydrogen) atoms. The van der Waals surface area contributed by atoms with Gasteiger partial charge in [-0.05, 0) is 62.4 Å². The molecular weight excluding hydrogens is 374 g/mol. The van der Waals surface area contributed by atoms with Crippen LogP contribution in [-0.4, -0.2) is 34.8 Å². The summed E-state index contributed by atoms with van der Waals surface area (Å²) in [6.45, 7) is 3.52. The monoisotopic (exact) mass is 399 g/mol. The lowest BCUT2D eigenvalue weighted by atomic mass is 10.0. The Balaban J connectivity index is 1.47. The highest BCUT2D eigenvalue weighted by Gasteiger charge is 2.27. The van der Waals surface area contributed by atoms with E-state index < -0.39 is 0 Å². The molecule has 1 aromatic heterocycles. The van der Waals surface area contributed by atoms with Crippen molar-refractivity contribution in [3.8, 4) is 0 Å². The van der Waals surface area contributed by atoms with Gasteiger partial charge in [0.25, 0.3) is 11.8 Å². The molecule has 152 valence electrons. The summed E-state index contributed by atoms with van der Waals surface area (Å²) in [7, 11) is 0. The lowest BCUT2D eigenvalue weighted by Crippen LogP contribution is -2.28. The van der Waals surface area contributed by atoms with Crippen molar-refractivity contribution in [3.63, 3.8) is 0 Å². The Bertz CT molecular complexity index is 1140. The van der Waals surface area contributed by atoms with Crippen molar-refractivity contribution in [2.24, 2.45) is 0 Å². The van der Waals surface area contributed by atoms with Crippen LogP contribution in [0.2, 0.25) is 0 Å². The van der Waals surface area contributed by atoms with E-state index in [2.05, 4.69) is 5.32 Å². The van der Waals surface area contributed by atoms with Crippen LogP contribution >= 0.6 is 0 Å². The van der Waals surface area contributed by atoms with Crippen molar-refractivity contribution in [2.75, 3.05) is 18.4 Å². The number of likely N-dealkylation sites (tertiary alicyclic amines) is 1. The van der Waals surface area contributed by atoms with Crippen LogP contribution in [0.3, 0.4) is 0 Å². The Labute approximate surface area is 176 Å². The Morgan fingerprint density at radius 3 is 2.53 bits per heavy atom. The fraction of sp³-hybridized carbons (Fsp3) is 0.320. The molecule has 2 aliphatic rings. The standard InChI is InChI=1S/C25H25N3O2/c1-16-18(25(30)28-13-4-5-14-28)8-6-10-21(16)27-24(29)20-15-23(17-11-12-17)26-22-9-3-2-7-19(20)22/h2-3,6-10,15,17H,4-5,11-14H2,1H3,(H,27,29). The Kier molecular flexibility index (Phi) is 4.74. The zero-order valence-electron chi connectivity index (χ0n) is 17.1. The number of rotatable bonds is 4. The second kappa shape index (κ2) is 7.56. The largest absolute Gasteiger partial charge is 0.339 e. The van der Waals surface area contributed by atoms with E-state index in [1.54, 1.807) is 0 Å². The van der Waals surface area contributed by atoms with Gasteiger partial charge in [0.1, 0.15) is 0 Å². The highest BCUT2D eigenvalue weighted by Crippen LogP contribution is 2.40. The van der Waals surface area contributed by atoms with Gasteiger partial charge in [0.2, 0.25) is 0 Å². The van der Waals surface area contributed by atoms with Crippen molar-refractivity contribution in [3.05, 3.63) is 70.9 Å². The van der Waals surface area contributed by atoms with Gasteiger partial charge in [0.05, 0.1) is 11.1 Å². The number of carbonyl (C=O) groups excluding carboxylic acids is 2. The predicted octanol–water partition coefficient (Wildman–Crippen LogP) is 4.91. The van der Waals surface area contributed by atoms with E-state index >= 15 is 0 Å². The molecule has 1 aliphatic carbocycles. The van der Waals surface area contributed by atoms with E-state index in [9.17, 15) is 9.59 Å². The first-order valence-electron chi connectivity index (χ1n) is 10.7. The number of para-hydroxylation sites is 1. The van der Waals surface area contributed by atoms with Gasteiger partial charge in [-0.15, -0.1) is 0 Å². The average Bonchev–Trinajstić information content (AvgIpc) is 3.47. The van der Waals surface area contributed by atoms with Gasteiger partial charge in [0.15, 0.2) is 0 Å². The maximum absolute atomic E-state index is 13.3. The number of pyridine rings is 1. The van der Waals surface area contributed by atoms with Gasteiger partial charge in [0, 0.05) is 41.3 Å². The molecule has 2 heterocycles. The van der Waals surface area contributed by atoms with Crippen LogP contribution in [0.15, 0.2) is 48.5 Å². The molecule has 0 bridgehead atoms. The predicted molar refractivity (Wildman–Crippen MR) is 118 cm³/mol. The molecular formula is C25H25N3O2. The Morgan fingerprint density at radius 2 is 1.77 bits per heavy atom. The maximum Gasteiger partial charge on any atom is 0.256 e. The first-order valence-corrected chi connectivity index (χ1v) is 10.7. The highest BCUT2D eigenvalue weighted by atomic mass is 16.2. The van der Waals surface area contributed by atoms with Crippen LogP contribution in [0.25, 0.3) is 10.9 Å². The summed E-state index contributed by atoms with van der Waals surface area (Å²) in [6.07, 6.45) is 4.37. The van der Waals surface area contributed by atoms with E-state index in [0.29, 0.717) is 22.7 Å². The molecule has 1 aliphatic heterocycles. The molecule has 1 saturated heterocycles. The van der Waals surface area contributed by atoms with E-state index in [1.165, 1.54) is 0 Å². The Morgan fingerprint density at radius 1 is 1.00 bits per heavy atom. The summed E-state index contributed by atoms with van der Waals surface area (Å²) in [6, 6.07) is 15.3. The number of nitrogens with zero attached hydrogens (tertiary/aromatic N) is 2. The molecule has 0 atom stereocenters. The minimum atomic E-state index is -0.163. The molecule has 2 amide bonds. The van der Waals surface area contributed by atoms with Gasteiger partial charge in [-0.25, -0.2) is 0 Å². The topological polar surface area (TPSA) is 62.3 Å². The van der Waals surface area contributed by atoms with E-state index in [-0.39, 0.29) is 11.8 Å². The summed E-state index contributed by atoms with van der Waals surface area (Å²) < 4.78 is 0. The van der Waals surface area contributed by atoms with Crippen LogP contribution in [0, 0.1) is 6.92 Å². The van der Waals surface area contributed by atoms with Crippen LogP contribution < -0.4 is 5.32 Å². The SMILES string of the molecule is Cc1c(NC(=O)c2cc(C3CC3)nc3ccccc23)cccc1C(=O)N1CCCC1. The average molecular weight is 399 g/mol. The second-order valence-corrected chi connectivity index (χ2v) is 8.32. The number of hydrogen-bond acceptors (Lipinski definition) is 3. The number of hydrogen-bond donors (Lipinski definition) is 1. The molecule has 5 nitrogen and oxygen atoms in total. The lowest BCUT2D eigenvalue weighted by molar-refractivity contribution is 0.0791. The molecule has 0 unspecified atom stereocenters. The third-order valence-electron chi connectivity index (χ3n) is 6.18. The zero-order chi connectivity index (χ0) is 20.7. The third kappa shape index (κ3) is 3.45. The molecule has 2 fully saturated rings. The highest BCUT2D eigenvalue weighted by molar-refractivity contribution is 6.13. The quantitative estimate of drug-likeness (QED) is 0.678. The Hall–Kier alpha value is -3.21. The van der Waals surface area contributed by atoms with Crippen molar-refractivity contribution in [1.29, 1.82) is 0 Å². The molecule has 0 radical (unpaired) electrons. The van der Waals surface area contributed by atoms with Gasteiger partial charge in [-0.1, -0.05) is 24.3 Å². The molecule has 1 saturated carbocycles. The number of amides is 2. The van der Waals surface area contributed by atoms with Gasteiger partial charge in [-0.3, -0.25) is 14.6 Å². The van der Waals surface area contributed by atoms with Crippen molar-refractivity contribution in [2.45, 2.75) is 38.5 Å². The number of carbonyl (C=O) groups is 2. The summed E-state index contributed by atoms with van der Waals surface area (Å²) >= 11 is 0. The van der Waals surface area contributed by atoms with Crippen molar-refractivity contribution in [1.82, 2.24) is 9.88 Å². The lowest BCUT2D eigenvalue weighted by Gasteiger charge is -2.18. The number of aromatic nitrogens is 1. The van der Waals surface area contributed by atoms with Gasteiger partial charge < -0.3 is 10.2 Å². The first kappa shape index (κ1) is 18.8. The van der Waals surface area contributed by atoms with Gasteiger partial charge >= 0.3 is 0 Å². The molecule has 3 aromatic rings. The fourth-order valence-corrected chi connectivity index (χ4v) is 4.25. The molecule has 5 heteroatoms. The maximum atomic E-state index is 13.3. The normalized spacial score (nSPS) is 16.1. The van der Waals surface area contributed by atoms with Gasteiger partial charge in [-0.2, -0.15) is 0 Å². The van der Waals surface area contributed by atoms with Crippen LogP contribution in [-0.2, 0) is 0 Å². The number of benzene rings is 2. The third-order valence-corrected chi connectivity index (χ3v) is 6.18. The fourth-order valence-electron chi connectivity index (χ4n) is 4.25. The van der Waals surface area contributed by atoms with Crippen molar-refractivity contribution < 1.29 is 9.59 Å². The minimum Gasteiger partial charge on any atom is -0.339 e. The second-order valence-electron chi connectivity index (χ2n) is 8.32. The van der Waals surface area contributed by atoms with Crippen LogP contribution in [0.5, 0.6) is 0 Å². The minimum absolute atomic E-state index is 0.0477. The molecule has 0 spiro atoms. The molecule has 2 aromatic carbocycles. The number of fused-ring (bicyclic) bond motifs is 1. The van der Waals surface area contributed by atoms with Crippen LogP contribution in [0.4, 0.5) is 5.69 Å². The van der Waals surface area contributed by atoms with E-state index in [4.69, 9.17) is 4.98 Å². The molecule has 5 rings (SSSR count). The van der Waals surface area contributed by atoms with Crippen LogP contribution in [0.1, 0.15) is 63.6 Å². The summed E-state index contributed by atoms with van der Waals surface area (Å²) in [5.41, 5.74) is 4.63. The zero-order valence-corrected chi connectivity index (χ0v) is 17.1. The number of nitrogens with one attached hydrogen (secondary N) is 1. The van der Waals surface area contributed by atoms with E-state index in [0.717, 1.165) is 60.9 Å². The summed E-state index contributed by atoms with van der Waals surface area (Å²) in [5.74, 6) is 0.347. The van der Waals surface area contributed by atoms with E-state index in [1.807, 2.05) is 60.4 Å². The summed E-state index contributed by atoms with van der Waals surface area (Å²) in [4.78, 5) is 32.8. The molecule has 1 N–H and O–H groups in total. The number of anilines is 1. The smallest absolute Gasteiger partial charge is 0.256 e.